The molecule has 0 saturated carbocycles. The van der Waals surface area contributed by atoms with Crippen LogP contribution < -0.4 is 4.72 Å². The van der Waals surface area contributed by atoms with Gasteiger partial charge in [0, 0.05) is 44.8 Å². The molecule has 1 aromatic carbocycles. The first-order valence-corrected chi connectivity index (χ1v) is 8.73. The first-order chi connectivity index (χ1) is 9.96. The smallest absolute Gasteiger partial charge is 0.215 e. The highest BCUT2D eigenvalue weighted by atomic mass is 32.2. The molecule has 0 amide bonds. The van der Waals surface area contributed by atoms with Gasteiger partial charge in [-0.2, -0.15) is 0 Å². The number of likely N-dealkylation sites (N-methyl/N-ethyl adjacent to an activating group) is 1. The lowest BCUT2D eigenvalue weighted by atomic mass is 10.2. The van der Waals surface area contributed by atoms with Crippen LogP contribution in [0.25, 0.3) is 0 Å². The number of benzene rings is 1. The SMILES string of the molecule is CN1CCN(CCNS(=O)(=O)Cc2ccccc2F)CC1. The first-order valence-electron chi connectivity index (χ1n) is 7.08. The van der Waals surface area contributed by atoms with E-state index in [4.69, 9.17) is 0 Å². The Morgan fingerprint density at radius 2 is 1.86 bits per heavy atom. The second-order valence-corrected chi connectivity index (χ2v) is 7.20. The van der Waals surface area contributed by atoms with E-state index in [9.17, 15) is 12.8 Å². The Hall–Kier alpha value is -1.02. The van der Waals surface area contributed by atoms with Crippen LogP contribution in [0.3, 0.4) is 0 Å². The van der Waals surface area contributed by atoms with Gasteiger partial charge in [0.05, 0.1) is 5.75 Å². The summed E-state index contributed by atoms with van der Waals surface area (Å²) in [6.45, 7) is 4.95. The van der Waals surface area contributed by atoms with Gasteiger partial charge in [-0.1, -0.05) is 18.2 Å². The third-order valence-electron chi connectivity index (χ3n) is 3.65. The van der Waals surface area contributed by atoms with Crippen molar-refractivity contribution in [2.45, 2.75) is 5.75 Å². The number of nitrogens with zero attached hydrogens (tertiary/aromatic N) is 2. The lowest BCUT2D eigenvalue weighted by Gasteiger charge is -2.32. The molecule has 1 N–H and O–H groups in total. The molecule has 0 radical (unpaired) electrons. The Kier molecular flexibility index (Phi) is 5.69. The van der Waals surface area contributed by atoms with Crippen LogP contribution >= 0.6 is 0 Å². The van der Waals surface area contributed by atoms with E-state index in [1.54, 1.807) is 12.1 Å². The van der Waals surface area contributed by atoms with Crippen molar-refractivity contribution < 1.29 is 12.8 Å². The molecule has 0 aromatic heterocycles. The maximum Gasteiger partial charge on any atom is 0.215 e. The molecule has 21 heavy (non-hydrogen) atoms. The summed E-state index contributed by atoms with van der Waals surface area (Å²) >= 11 is 0. The van der Waals surface area contributed by atoms with Crippen molar-refractivity contribution in [1.82, 2.24) is 14.5 Å². The third kappa shape index (κ3) is 5.35. The van der Waals surface area contributed by atoms with Gasteiger partial charge in [-0.3, -0.25) is 4.90 Å². The molecule has 2 rings (SSSR count). The average Bonchev–Trinajstić information content (AvgIpc) is 2.43. The van der Waals surface area contributed by atoms with Gasteiger partial charge < -0.3 is 4.90 Å². The fourth-order valence-corrected chi connectivity index (χ4v) is 3.45. The Morgan fingerprint density at radius 3 is 2.52 bits per heavy atom. The van der Waals surface area contributed by atoms with Crippen LogP contribution in [-0.4, -0.2) is 64.5 Å². The van der Waals surface area contributed by atoms with Crippen LogP contribution in [0, 0.1) is 5.82 Å². The minimum Gasteiger partial charge on any atom is -0.304 e. The maximum absolute atomic E-state index is 13.5. The van der Waals surface area contributed by atoms with E-state index >= 15 is 0 Å². The summed E-state index contributed by atoms with van der Waals surface area (Å²) in [6, 6.07) is 5.95. The number of hydrogen-bond acceptors (Lipinski definition) is 4. The first kappa shape index (κ1) is 16.4. The number of halogens is 1. The standard InChI is InChI=1S/C14H22FN3O2S/c1-17-8-10-18(11-9-17)7-6-16-21(19,20)12-13-4-2-3-5-14(13)15/h2-5,16H,6-12H2,1H3. The second-order valence-electron chi connectivity index (χ2n) is 5.39. The summed E-state index contributed by atoms with van der Waals surface area (Å²) in [5, 5.41) is 0. The summed E-state index contributed by atoms with van der Waals surface area (Å²) in [5.74, 6) is -0.801. The van der Waals surface area contributed by atoms with Crippen LogP contribution in [0.5, 0.6) is 0 Å². The second kappa shape index (κ2) is 7.31. The molecule has 0 unspecified atom stereocenters. The lowest BCUT2D eigenvalue weighted by molar-refractivity contribution is 0.156. The fraction of sp³-hybridized carbons (Fsp3) is 0.571. The summed E-state index contributed by atoms with van der Waals surface area (Å²) in [5.41, 5.74) is 0.199. The van der Waals surface area contributed by atoms with Crippen LogP contribution in [-0.2, 0) is 15.8 Å². The molecule has 1 heterocycles. The van der Waals surface area contributed by atoms with Gasteiger partial charge in [0.15, 0.2) is 0 Å². The van der Waals surface area contributed by atoms with E-state index in [2.05, 4.69) is 21.6 Å². The van der Waals surface area contributed by atoms with Crippen molar-refractivity contribution >= 4 is 10.0 Å². The van der Waals surface area contributed by atoms with Crippen LogP contribution in [0.15, 0.2) is 24.3 Å². The van der Waals surface area contributed by atoms with Gasteiger partial charge in [0.25, 0.3) is 0 Å². The zero-order valence-electron chi connectivity index (χ0n) is 12.3. The Morgan fingerprint density at radius 1 is 1.19 bits per heavy atom. The predicted molar refractivity (Wildman–Crippen MR) is 81.0 cm³/mol. The van der Waals surface area contributed by atoms with Crippen LogP contribution in [0.4, 0.5) is 4.39 Å². The van der Waals surface area contributed by atoms with E-state index in [0.29, 0.717) is 13.1 Å². The molecule has 0 atom stereocenters. The van der Waals surface area contributed by atoms with E-state index in [-0.39, 0.29) is 11.3 Å². The third-order valence-corrected chi connectivity index (χ3v) is 4.98. The minimum absolute atomic E-state index is 0.199. The number of nitrogens with one attached hydrogen (secondary N) is 1. The van der Waals surface area contributed by atoms with Gasteiger partial charge in [-0.25, -0.2) is 17.5 Å². The number of hydrogen-bond donors (Lipinski definition) is 1. The van der Waals surface area contributed by atoms with Gasteiger partial charge >= 0.3 is 0 Å². The Labute approximate surface area is 125 Å². The molecule has 1 fully saturated rings. The molecule has 0 spiro atoms. The monoisotopic (exact) mass is 315 g/mol. The minimum atomic E-state index is -3.50. The van der Waals surface area contributed by atoms with E-state index < -0.39 is 15.8 Å². The van der Waals surface area contributed by atoms with Gasteiger partial charge in [-0.15, -0.1) is 0 Å². The molecule has 1 aromatic rings. The molecule has 118 valence electrons. The molecule has 1 saturated heterocycles. The van der Waals surface area contributed by atoms with Crippen LogP contribution in [0.1, 0.15) is 5.56 Å². The summed E-state index contributed by atoms with van der Waals surface area (Å²) in [6.07, 6.45) is 0. The molecule has 7 heteroatoms. The molecule has 0 bridgehead atoms. The molecule has 1 aliphatic heterocycles. The lowest BCUT2D eigenvalue weighted by Crippen LogP contribution is -2.47. The van der Waals surface area contributed by atoms with Crippen molar-refractivity contribution in [2.75, 3.05) is 46.3 Å². The van der Waals surface area contributed by atoms with Crippen molar-refractivity contribution in [2.24, 2.45) is 0 Å². The quantitative estimate of drug-likeness (QED) is 0.830. The molecule has 1 aliphatic rings. The van der Waals surface area contributed by atoms with Gasteiger partial charge in [0.1, 0.15) is 5.82 Å². The largest absolute Gasteiger partial charge is 0.304 e. The van der Waals surface area contributed by atoms with E-state index in [1.165, 1.54) is 12.1 Å². The highest BCUT2D eigenvalue weighted by molar-refractivity contribution is 7.88. The Bertz CT molecular complexity index is 557. The van der Waals surface area contributed by atoms with E-state index in [0.717, 1.165) is 26.2 Å². The predicted octanol–water partition coefficient (Wildman–Crippen LogP) is 0.493. The Balaban J connectivity index is 1.78. The highest BCUT2D eigenvalue weighted by Gasteiger charge is 2.16. The van der Waals surface area contributed by atoms with Crippen molar-refractivity contribution in [3.05, 3.63) is 35.6 Å². The summed E-state index contributed by atoms with van der Waals surface area (Å²) in [7, 11) is -1.42. The zero-order valence-corrected chi connectivity index (χ0v) is 13.1. The molecular weight excluding hydrogens is 293 g/mol. The van der Waals surface area contributed by atoms with Gasteiger partial charge in [-0.05, 0) is 13.1 Å². The summed E-state index contributed by atoms with van der Waals surface area (Å²) in [4.78, 5) is 4.48. The topological polar surface area (TPSA) is 52.6 Å². The molecule has 0 aliphatic carbocycles. The molecule has 5 nitrogen and oxygen atoms in total. The van der Waals surface area contributed by atoms with Gasteiger partial charge in [0.2, 0.25) is 10.0 Å². The number of piperazine rings is 1. The normalized spacial score (nSPS) is 18.0. The van der Waals surface area contributed by atoms with Crippen molar-refractivity contribution in [3.63, 3.8) is 0 Å². The van der Waals surface area contributed by atoms with Crippen LogP contribution in [0.2, 0.25) is 0 Å². The van der Waals surface area contributed by atoms with E-state index in [1.807, 2.05) is 0 Å². The highest BCUT2D eigenvalue weighted by Crippen LogP contribution is 2.09. The zero-order chi connectivity index (χ0) is 15.3. The summed E-state index contributed by atoms with van der Waals surface area (Å²) < 4.78 is 39.9. The van der Waals surface area contributed by atoms with Crippen molar-refractivity contribution in [3.8, 4) is 0 Å². The average molecular weight is 315 g/mol. The molecular formula is C14H22FN3O2S. The number of rotatable bonds is 6. The fourth-order valence-electron chi connectivity index (χ4n) is 2.30. The maximum atomic E-state index is 13.5. The van der Waals surface area contributed by atoms with Crippen molar-refractivity contribution in [1.29, 1.82) is 0 Å². The number of sulfonamides is 1.